The monoisotopic (exact) mass is 438 g/mol. The number of nitriles is 1. The van der Waals surface area contributed by atoms with Crippen LogP contribution in [0.5, 0.6) is 23.1 Å². The fraction of sp³-hybridized carbons (Fsp3) is 0.227. The Morgan fingerprint density at radius 3 is 2.39 bits per heavy atom. The van der Waals surface area contributed by atoms with Crippen molar-refractivity contribution in [1.82, 2.24) is 10.2 Å². The van der Waals surface area contributed by atoms with E-state index in [4.69, 9.17) is 36.0 Å². The van der Waals surface area contributed by atoms with E-state index in [1.54, 1.807) is 18.2 Å². The van der Waals surface area contributed by atoms with Crippen molar-refractivity contribution < 1.29 is 18.9 Å². The van der Waals surface area contributed by atoms with Crippen LogP contribution in [-0.2, 0) is 0 Å². The molecule has 1 aliphatic heterocycles. The Morgan fingerprint density at radius 2 is 1.81 bits per heavy atom. The molecule has 0 spiro atoms. The van der Waals surface area contributed by atoms with Crippen LogP contribution in [-0.4, -0.2) is 37.4 Å². The lowest BCUT2D eigenvalue weighted by atomic mass is 9.79. The minimum absolute atomic E-state index is 0.178. The Balaban J connectivity index is 1.97. The average molecular weight is 439 g/mol. The number of nitrogens with zero attached hydrogens (tertiary/aromatic N) is 2. The number of hydrogen-bond donors (Lipinski definition) is 2. The SMILES string of the molecule is COc1cc(-c2[nH]nc3c2C(c2ccccc2Cl)C(C#N)C(=N)O3)cc(OC)c1OC. The first-order valence-electron chi connectivity index (χ1n) is 9.33. The molecular formula is C22H19ClN4O4. The second-order valence-electron chi connectivity index (χ2n) is 6.80. The fourth-order valence-corrected chi connectivity index (χ4v) is 4.08. The van der Waals surface area contributed by atoms with Crippen LogP contribution in [0, 0.1) is 22.7 Å². The lowest BCUT2D eigenvalue weighted by molar-refractivity contribution is 0.324. The predicted octanol–water partition coefficient (Wildman–Crippen LogP) is 4.40. The molecule has 31 heavy (non-hydrogen) atoms. The summed E-state index contributed by atoms with van der Waals surface area (Å²) in [5, 5.41) is 25.8. The van der Waals surface area contributed by atoms with Crippen molar-refractivity contribution in [2.24, 2.45) is 5.92 Å². The summed E-state index contributed by atoms with van der Waals surface area (Å²) in [7, 11) is 4.60. The molecule has 0 amide bonds. The lowest BCUT2D eigenvalue weighted by Crippen LogP contribution is -2.31. The summed E-state index contributed by atoms with van der Waals surface area (Å²) < 4.78 is 21.9. The molecule has 158 valence electrons. The third-order valence-electron chi connectivity index (χ3n) is 5.24. The molecule has 3 aromatic rings. The maximum absolute atomic E-state index is 9.84. The van der Waals surface area contributed by atoms with Gasteiger partial charge in [-0.05, 0) is 23.8 Å². The first kappa shape index (κ1) is 20.6. The summed E-state index contributed by atoms with van der Waals surface area (Å²) in [6, 6.07) is 13.0. The predicted molar refractivity (Wildman–Crippen MR) is 114 cm³/mol. The number of methoxy groups -OCH3 is 3. The maximum Gasteiger partial charge on any atom is 0.244 e. The zero-order valence-corrected chi connectivity index (χ0v) is 17.8. The number of rotatable bonds is 5. The minimum atomic E-state index is -0.870. The highest BCUT2D eigenvalue weighted by atomic mass is 35.5. The molecule has 2 aromatic carbocycles. The quantitative estimate of drug-likeness (QED) is 0.610. The highest BCUT2D eigenvalue weighted by Crippen LogP contribution is 2.49. The van der Waals surface area contributed by atoms with E-state index in [-0.39, 0.29) is 11.8 Å². The minimum Gasteiger partial charge on any atom is -0.493 e. The number of aromatic nitrogens is 2. The maximum atomic E-state index is 9.84. The first-order chi connectivity index (χ1) is 15.0. The number of aromatic amines is 1. The summed E-state index contributed by atoms with van der Waals surface area (Å²) in [5.41, 5.74) is 2.63. The summed E-state index contributed by atoms with van der Waals surface area (Å²) in [5.74, 6) is 0.0194. The van der Waals surface area contributed by atoms with Gasteiger partial charge in [-0.15, -0.1) is 5.10 Å². The third-order valence-corrected chi connectivity index (χ3v) is 5.58. The van der Waals surface area contributed by atoms with Crippen LogP contribution in [0.1, 0.15) is 17.0 Å². The van der Waals surface area contributed by atoms with Crippen molar-refractivity contribution in [3.8, 4) is 40.5 Å². The third kappa shape index (κ3) is 3.33. The molecule has 2 heterocycles. The molecule has 1 aliphatic rings. The van der Waals surface area contributed by atoms with Crippen molar-refractivity contribution >= 4 is 17.5 Å². The van der Waals surface area contributed by atoms with Gasteiger partial charge in [0, 0.05) is 16.5 Å². The molecule has 9 heteroatoms. The van der Waals surface area contributed by atoms with E-state index in [0.29, 0.717) is 44.7 Å². The van der Waals surface area contributed by atoms with Crippen LogP contribution in [0.25, 0.3) is 11.3 Å². The molecule has 0 saturated heterocycles. The molecule has 0 aliphatic carbocycles. The number of fused-ring (bicyclic) bond motifs is 1. The Bertz CT molecular complexity index is 1180. The Hall–Kier alpha value is -3.70. The average Bonchev–Trinajstić information content (AvgIpc) is 3.20. The summed E-state index contributed by atoms with van der Waals surface area (Å²) in [4.78, 5) is 0. The second kappa shape index (κ2) is 8.20. The summed E-state index contributed by atoms with van der Waals surface area (Å²) >= 11 is 6.49. The van der Waals surface area contributed by atoms with Gasteiger partial charge in [-0.3, -0.25) is 10.5 Å². The van der Waals surface area contributed by atoms with E-state index in [2.05, 4.69) is 16.3 Å². The Kier molecular flexibility index (Phi) is 5.44. The topological polar surface area (TPSA) is 113 Å². The van der Waals surface area contributed by atoms with Crippen LogP contribution in [0.15, 0.2) is 36.4 Å². The van der Waals surface area contributed by atoms with Gasteiger partial charge in [0.2, 0.25) is 17.5 Å². The highest BCUT2D eigenvalue weighted by molar-refractivity contribution is 6.31. The van der Waals surface area contributed by atoms with E-state index in [9.17, 15) is 5.26 Å². The molecule has 2 N–H and O–H groups in total. The van der Waals surface area contributed by atoms with Gasteiger partial charge in [-0.25, -0.2) is 0 Å². The van der Waals surface area contributed by atoms with Crippen LogP contribution in [0.3, 0.4) is 0 Å². The fourth-order valence-electron chi connectivity index (χ4n) is 3.83. The standard InChI is InChI=1S/C22H19ClN4O4/c1-28-15-8-11(9-16(29-2)20(15)30-3)19-18-17(12-6-4-5-7-14(12)23)13(10-24)21(25)31-22(18)27-26-19/h4-9,13,17,25H,1-3H3,(H,26,27). The van der Waals surface area contributed by atoms with Gasteiger partial charge in [0.15, 0.2) is 11.5 Å². The van der Waals surface area contributed by atoms with E-state index < -0.39 is 11.8 Å². The summed E-state index contributed by atoms with van der Waals surface area (Å²) in [6.07, 6.45) is 0. The first-order valence-corrected chi connectivity index (χ1v) is 9.70. The molecular weight excluding hydrogens is 420 g/mol. The number of halogens is 1. The van der Waals surface area contributed by atoms with Gasteiger partial charge in [-0.1, -0.05) is 29.8 Å². The highest BCUT2D eigenvalue weighted by Gasteiger charge is 2.41. The Labute approximate surface area is 183 Å². The molecule has 0 bridgehead atoms. The van der Waals surface area contributed by atoms with E-state index in [0.717, 1.165) is 0 Å². The Morgan fingerprint density at radius 1 is 1.13 bits per heavy atom. The smallest absolute Gasteiger partial charge is 0.244 e. The molecule has 4 rings (SSSR count). The van der Waals surface area contributed by atoms with Crippen molar-refractivity contribution in [2.75, 3.05) is 21.3 Å². The normalized spacial score (nSPS) is 17.3. The summed E-state index contributed by atoms with van der Waals surface area (Å²) in [6.45, 7) is 0. The largest absolute Gasteiger partial charge is 0.493 e. The molecule has 2 unspecified atom stereocenters. The van der Waals surface area contributed by atoms with Crippen molar-refractivity contribution in [2.45, 2.75) is 5.92 Å². The van der Waals surface area contributed by atoms with Gasteiger partial charge < -0.3 is 18.9 Å². The lowest BCUT2D eigenvalue weighted by Gasteiger charge is -2.28. The van der Waals surface area contributed by atoms with E-state index in [1.807, 2.05) is 18.2 Å². The number of H-pyrrole nitrogens is 1. The van der Waals surface area contributed by atoms with Crippen LogP contribution in [0.4, 0.5) is 0 Å². The van der Waals surface area contributed by atoms with Crippen molar-refractivity contribution in [3.63, 3.8) is 0 Å². The van der Waals surface area contributed by atoms with Crippen molar-refractivity contribution in [1.29, 1.82) is 10.7 Å². The molecule has 0 saturated carbocycles. The number of benzene rings is 2. The zero-order chi connectivity index (χ0) is 22.1. The molecule has 0 fully saturated rings. The molecule has 0 radical (unpaired) electrons. The van der Waals surface area contributed by atoms with Crippen LogP contribution in [0.2, 0.25) is 5.02 Å². The van der Waals surface area contributed by atoms with E-state index in [1.165, 1.54) is 21.3 Å². The number of hydrogen-bond acceptors (Lipinski definition) is 7. The van der Waals surface area contributed by atoms with Crippen molar-refractivity contribution in [3.05, 3.63) is 52.5 Å². The van der Waals surface area contributed by atoms with Gasteiger partial charge in [0.05, 0.1) is 38.7 Å². The van der Waals surface area contributed by atoms with Gasteiger partial charge >= 0.3 is 0 Å². The molecule has 2 atom stereocenters. The van der Waals surface area contributed by atoms with Gasteiger partial charge in [0.1, 0.15) is 5.92 Å². The van der Waals surface area contributed by atoms with Gasteiger partial charge in [-0.2, -0.15) is 5.26 Å². The number of nitrogens with one attached hydrogen (secondary N) is 2. The van der Waals surface area contributed by atoms with Crippen LogP contribution >= 0.6 is 11.6 Å². The molecule has 1 aromatic heterocycles. The molecule has 8 nitrogen and oxygen atoms in total. The van der Waals surface area contributed by atoms with Gasteiger partial charge in [0.25, 0.3) is 0 Å². The van der Waals surface area contributed by atoms with E-state index >= 15 is 0 Å². The number of ether oxygens (including phenoxy) is 4. The second-order valence-corrected chi connectivity index (χ2v) is 7.21. The van der Waals surface area contributed by atoms with Crippen LogP contribution < -0.4 is 18.9 Å². The zero-order valence-electron chi connectivity index (χ0n) is 17.0.